The smallest absolute Gasteiger partial charge is 0.261 e. The fourth-order valence-corrected chi connectivity index (χ4v) is 5.10. The Balaban J connectivity index is 1.53. The van der Waals surface area contributed by atoms with Crippen LogP contribution in [-0.2, 0) is 27.5 Å². The first kappa shape index (κ1) is 22.6. The molecule has 2 fully saturated rings. The highest BCUT2D eigenvalue weighted by Crippen LogP contribution is 2.48. The molecule has 7 nitrogen and oxygen atoms in total. The van der Waals surface area contributed by atoms with Gasteiger partial charge in [0.25, 0.3) is 5.91 Å². The zero-order chi connectivity index (χ0) is 23.8. The zero-order valence-corrected chi connectivity index (χ0v) is 20.0. The van der Waals surface area contributed by atoms with Crippen LogP contribution in [0.5, 0.6) is 11.5 Å². The van der Waals surface area contributed by atoms with Crippen LogP contribution in [0.4, 0.5) is 0 Å². The summed E-state index contributed by atoms with van der Waals surface area (Å²) in [6.45, 7) is 0.585. The molecule has 8 heteroatoms. The molecule has 0 aliphatic carbocycles. The van der Waals surface area contributed by atoms with Crippen LogP contribution in [0.25, 0.3) is 0 Å². The molecule has 3 aromatic rings. The number of phenolic OH excluding ortho intramolecular Hbond substituents is 1. The second-order valence-electron chi connectivity index (χ2n) is 8.36. The lowest BCUT2D eigenvalue weighted by Gasteiger charge is -2.28. The lowest BCUT2D eigenvalue weighted by molar-refractivity contribution is -0.184. The number of likely N-dealkylation sites (tertiary alicyclic amines) is 1. The van der Waals surface area contributed by atoms with Gasteiger partial charge in [0.2, 0.25) is 5.91 Å². The summed E-state index contributed by atoms with van der Waals surface area (Å²) in [6.07, 6.45) is -0.913. The summed E-state index contributed by atoms with van der Waals surface area (Å²) in [5.41, 5.74) is 2.56. The van der Waals surface area contributed by atoms with Crippen molar-refractivity contribution < 1.29 is 24.3 Å². The van der Waals surface area contributed by atoms with Crippen LogP contribution >= 0.6 is 15.9 Å². The molecule has 5 rings (SSSR count). The molecule has 2 heterocycles. The number of aromatic hydroxyl groups is 1. The minimum atomic E-state index is -0.913. The van der Waals surface area contributed by atoms with Crippen LogP contribution < -0.4 is 4.74 Å². The lowest BCUT2D eigenvalue weighted by atomic mass is 9.90. The number of nitrogens with zero attached hydrogens (tertiary/aromatic N) is 2. The number of halogens is 1. The van der Waals surface area contributed by atoms with Gasteiger partial charge in [-0.3, -0.25) is 19.3 Å². The van der Waals surface area contributed by atoms with E-state index < -0.39 is 18.1 Å². The first-order valence-corrected chi connectivity index (χ1v) is 11.7. The molecular weight excluding hydrogens is 500 g/mol. The summed E-state index contributed by atoms with van der Waals surface area (Å²) < 4.78 is 5.77. The average molecular weight is 523 g/mol. The molecule has 2 aliphatic heterocycles. The topological polar surface area (TPSA) is 79.3 Å². The van der Waals surface area contributed by atoms with Gasteiger partial charge in [0.1, 0.15) is 0 Å². The highest BCUT2D eigenvalue weighted by atomic mass is 79.9. The van der Waals surface area contributed by atoms with E-state index in [4.69, 9.17) is 9.57 Å². The number of carbonyl (C=O) groups is 2. The van der Waals surface area contributed by atoms with Gasteiger partial charge in [-0.1, -0.05) is 60.7 Å². The molecule has 3 aromatic carbocycles. The normalized spacial score (nSPS) is 22.3. The number of methoxy groups -OCH3 is 1. The van der Waals surface area contributed by atoms with Crippen molar-refractivity contribution in [3.63, 3.8) is 0 Å². The van der Waals surface area contributed by atoms with Gasteiger partial charge in [-0.2, -0.15) is 5.06 Å². The number of hydrogen-bond acceptors (Lipinski definition) is 6. The van der Waals surface area contributed by atoms with Crippen LogP contribution in [0.3, 0.4) is 0 Å². The van der Waals surface area contributed by atoms with Crippen LogP contribution in [0.2, 0.25) is 0 Å². The van der Waals surface area contributed by atoms with Gasteiger partial charge >= 0.3 is 0 Å². The highest BCUT2D eigenvalue weighted by molar-refractivity contribution is 9.10. The van der Waals surface area contributed by atoms with Crippen LogP contribution in [0.1, 0.15) is 22.7 Å². The van der Waals surface area contributed by atoms with E-state index in [1.54, 1.807) is 17.2 Å². The van der Waals surface area contributed by atoms with E-state index in [2.05, 4.69) is 15.9 Å². The second-order valence-corrected chi connectivity index (χ2v) is 9.21. The predicted molar refractivity (Wildman–Crippen MR) is 127 cm³/mol. The number of ether oxygens (including phenoxy) is 1. The number of phenols is 1. The van der Waals surface area contributed by atoms with Gasteiger partial charge in [0.05, 0.1) is 30.1 Å². The molecule has 2 aliphatic rings. The number of carbonyl (C=O) groups excluding carboxylic acids is 2. The Hall–Kier alpha value is -3.20. The van der Waals surface area contributed by atoms with Crippen molar-refractivity contribution in [2.45, 2.75) is 25.2 Å². The monoisotopic (exact) mass is 522 g/mol. The van der Waals surface area contributed by atoms with Crippen molar-refractivity contribution in [3.05, 3.63) is 94.0 Å². The first-order valence-electron chi connectivity index (χ1n) is 10.9. The third-order valence-corrected chi connectivity index (χ3v) is 6.87. The maximum atomic E-state index is 13.6. The Kier molecular flexibility index (Phi) is 6.12. The van der Waals surface area contributed by atoms with Crippen LogP contribution in [-0.4, -0.2) is 40.1 Å². The number of hydrogen-bond donors (Lipinski definition) is 1. The van der Waals surface area contributed by atoms with Gasteiger partial charge in [-0.05, 0) is 44.8 Å². The number of fused-ring (bicyclic) bond motifs is 1. The fourth-order valence-electron chi connectivity index (χ4n) is 4.64. The molecule has 34 heavy (non-hydrogen) atoms. The maximum absolute atomic E-state index is 13.6. The Morgan fingerprint density at radius 2 is 1.56 bits per heavy atom. The van der Waals surface area contributed by atoms with Crippen LogP contribution in [0.15, 0.2) is 77.3 Å². The van der Waals surface area contributed by atoms with Gasteiger partial charge in [0, 0.05) is 6.54 Å². The highest BCUT2D eigenvalue weighted by Gasteiger charge is 2.59. The summed E-state index contributed by atoms with van der Waals surface area (Å²) in [6, 6.07) is 22.0. The number of amides is 2. The Morgan fingerprint density at radius 3 is 2.18 bits per heavy atom. The molecular formula is C26H23BrN2O5. The number of rotatable bonds is 6. The maximum Gasteiger partial charge on any atom is 0.261 e. The summed E-state index contributed by atoms with van der Waals surface area (Å²) >= 11 is 3.38. The number of hydroxylamine groups is 2. The van der Waals surface area contributed by atoms with Crippen molar-refractivity contribution in [3.8, 4) is 11.5 Å². The Bertz CT molecular complexity index is 1220. The standard InChI is InChI=1S/C26H23BrN2O5/c1-33-20-13-18(12-19(27)23(20)30)22-21-24(34-29(22)15-17-10-6-3-7-11-17)26(32)28(25(21)31)14-16-8-4-2-5-9-16/h2-13,21-22,24,30H,14-15H2,1H3. The molecule has 2 saturated heterocycles. The predicted octanol–water partition coefficient (Wildman–Crippen LogP) is 4.21. The van der Waals surface area contributed by atoms with Gasteiger partial charge in [0.15, 0.2) is 17.6 Å². The molecule has 3 unspecified atom stereocenters. The molecule has 0 radical (unpaired) electrons. The molecule has 174 valence electrons. The minimum absolute atomic E-state index is 0.0316. The third-order valence-electron chi connectivity index (χ3n) is 6.26. The number of imide groups is 1. The third kappa shape index (κ3) is 3.98. The van der Waals surface area contributed by atoms with E-state index in [1.807, 2.05) is 60.7 Å². The van der Waals surface area contributed by atoms with Crippen molar-refractivity contribution in [1.29, 1.82) is 0 Å². The molecule has 0 saturated carbocycles. The SMILES string of the molecule is COc1cc(C2C3C(=O)N(Cc4ccccc4)C(=O)C3ON2Cc2ccccc2)cc(Br)c1O. The van der Waals surface area contributed by atoms with E-state index >= 15 is 0 Å². The van der Waals surface area contributed by atoms with Crippen molar-refractivity contribution in [2.75, 3.05) is 7.11 Å². The molecule has 2 amide bonds. The van der Waals surface area contributed by atoms with E-state index in [0.29, 0.717) is 16.6 Å². The molecule has 1 N–H and O–H groups in total. The van der Waals surface area contributed by atoms with Crippen molar-refractivity contribution in [1.82, 2.24) is 9.96 Å². The van der Waals surface area contributed by atoms with Crippen LogP contribution in [0, 0.1) is 5.92 Å². The Labute approximate surface area is 205 Å². The zero-order valence-electron chi connectivity index (χ0n) is 18.4. The molecule has 0 spiro atoms. The molecule has 0 bridgehead atoms. The summed E-state index contributed by atoms with van der Waals surface area (Å²) in [5.74, 6) is -1.10. The van der Waals surface area contributed by atoms with E-state index in [9.17, 15) is 14.7 Å². The molecule has 3 atom stereocenters. The van der Waals surface area contributed by atoms with E-state index in [-0.39, 0.29) is 29.9 Å². The first-order chi connectivity index (χ1) is 16.5. The van der Waals surface area contributed by atoms with Gasteiger partial charge < -0.3 is 9.84 Å². The summed E-state index contributed by atoms with van der Waals surface area (Å²) in [7, 11) is 1.47. The minimum Gasteiger partial charge on any atom is -0.503 e. The lowest BCUT2D eigenvalue weighted by Crippen LogP contribution is -2.36. The van der Waals surface area contributed by atoms with Gasteiger partial charge in [-0.15, -0.1) is 0 Å². The largest absolute Gasteiger partial charge is 0.503 e. The van der Waals surface area contributed by atoms with Crippen molar-refractivity contribution in [2.24, 2.45) is 5.92 Å². The van der Waals surface area contributed by atoms with E-state index in [1.165, 1.54) is 12.0 Å². The summed E-state index contributed by atoms with van der Waals surface area (Å²) in [4.78, 5) is 34.3. The Morgan fingerprint density at radius 1 is 0.941 bits per heavy atom. The van der Waals surface area contributed by atoms with Gasteiger partial charge in [-0.25, -0.2) is 0 Å². The van der Waals surface area contributed by atoms with Crippen molar-refractivity contribution >= 4 is 27.7 Å². The average Bonchev–Trinajstić information content (AvgIpc) is 3.33. The second kappa shape index (κ2) is 9.21. The van der Waals surface area contributed by atoms with E-state index in [0.717, 1.165) is 11.1 Å². The number of benzene rings is 3. The summed E-state index contributed by atoms with van der Waals surface area (Å²) in [5, 5.41) is 12.0. The quantitative estimate of drug-likeness (QED) is 0.488. The fraction of sp³-hybridized carbons (Fsp3) is 0.231. The molecule has 0 aromatic heterocycles.